The van der Waals surface area contributed by atoms with Gasteiger partial charge in [0.05, 0.1) is 17.5 Å². The van der Waals surface area contributed by atoms with Crippen LogP contribution in [0.5, 0.6) is 0 Å². The maximum atomic E-state index is 12.5. The summed E-state index contributed by atoms with van der Waals surface area (Å²) in [6.45, 7) is -0.215. The normalized spacial score (nSPS) is 25.6. The third kappa shape index (κ3) is 5.26. The van der Waals surface area contributed by atoms with Gasteiger partial charge in [0.25, 0.3) is 6.10 Å². The predicted octanol–water partition coefficient (Wildman–Crippen LogP) is 2.32. The Bertz CT molecular complexity index is 714. The molecule has 3 aliphatic rings. The lowest BCUT2D eigenvalue weighted by Gasteiger charge is -2.38. The molecule has 0 aromatic carbocycles. The van der Waals surface area contributed by atoms with Gasteiger partial charge < -0.3 is 14.4 Å². The van der Waals surface area contributed by atoms with Gasteiger partial charge in [-0.3, -0.25) is 0 Å². The van der Waals surface area contributed by atoms with Crippen molar-refractivity contribution in [3.8, 4) is 0 Å². The number of ether oxygens (including phenoxy) is 2. The van der Waals surface area contributed by atoms with E-state index in [0.29, 0.717) is 19.3 Å². The molecule has 0 radical (unpaired) electrons. The van der Waals surface area contributed by atoms with Crippen LogP contribution in [0.2, 0.25) is 0 Å². The molecule has 1 spiro atoms. The van der Waals surface area contributed by atoms with Crippen molar-refractivity contribution in [2.45, 2.75) is 67.5 Å². The monoisotopic (exact) mass is 454 g/mol. The number of likely N-dealkylation sites (tertiary alicyclic amines) is 1. The summed E-state index contributed by atoms with van der Waals surface area (Å²) in [7, 11) is -3.42. The highest BCUT2D eigenvalue weighted by molar-refractivity contribution is 7.90. The van der Waals surface area contributed by atoms with Gasteiger partial charge in [-0.05, 0) is 32.1 Å². The molecule has 29 heavy (non-hydrogen) atoms. The summed E-state index contributed by atoms with van der Waals surface area (Å²) in [5, 5.41) is -0.397. The number of carbonyl (C=O) groups excluding carboxylic acids is 1. The molecule has 0 aromatic rings. The highest BCUT2D eigenvalue weighted by Gasteiger charge is 2.60. The van der Waals surface area contributed by atoms with Gasteiger partial charge in [-0.2, -0.15) is 26.3 Å². The van der Waals surface area contributed by atoms with E-state index in [4.69, 9.17) is 4.74 Å². The smallest absolute Gasteiger partial charge is 0.426 e. The molecule has 2 saturated heterocycles. The Kier molecular flexibility index (Phi) is 5.75. The van der Waals surface area contributed by atoms with Crippen LogP contribution in [0.1, 0.15) is 32.1 Å². The molecule has 1 N–H and O–H groups in total. The Hall–Kier alpha value is -1.28. The van der Waals surface area contributed by atoms with Crippen molar-refractivity contribution in [1.82, 2.24) is 9.62 Å². The SMILES string of the molecule is O=C(OC(C(F)(F)F)C(F)(F)F)N1CCC2(CC1)C[C@@H](NS(=O)(=O)C1CC1)CO2. The summed E-state index contributed by atoms with van der Waals surface area (Å²) >= 11 is 0. The molecule has 0 unspecified atom stereocenters. The molecule has 1 aliphatic carbocycles. The van der Waals surface area contributed by atoms with Gasteiger partial charge >= 0.3 is 18.4 Å². The number of amides is 1. The van der Waals surface area contributed by atoms with Crippen LogP contribution in [0.25, 0.3) is 0 Å². The van der Waals surface area contributed by atoms with Gasteiger partial charge in [0.15, 0.2) is 0 Å². The van der Waals surface area contributed by atoms with Crippen LogP contribution in [-0.4, -0.2) is 74.5 Å². The third-order valence-electron chi connectivity index (χ3n) is 5.25. The fourth-order valence-corrected chi connectivity index (χ4v) is 5.13. The predicted molar refractivity (Wildman–Crippen MR) is 85.4 cm³/mol. The molecule has 1 amide bonds. The van der Waals surface area contributed by atoms with Crippen LogP contribution < -0.4 is 4.72 Å². The Morgan fingerprint density at radius 1 is 1.10 bits per heavy atom. The molecule has 3 rings (SSSR count). The molecule has 0 bridgehead atoms. The van der Waals surface area contributed by atoms with Crippen molar-refractivity contribution in [3.63, 3.8) is 0 Å². The summed E-state index contributed by atoms with van der Waals surface area (Å²) in [4.78, 5) is 12.6. The van der Waals surface area contributed by atoms with Crippen molar-refractivity contribution < 1.29 is 49.0 Å². The second-order valence-corrected chi connectivity index (χ2v) is 9.58. The van der Waals surface area contributed by atoms with E-state index in [1.165, 1.54) is 0 Å². The van der Waals surface area contributed by atoms with Crippen molar-refractivity contribution >= 4 is 16.1 Å². The Balaban J connectivity index is 1.53. The standard InChI is InChI=1S/C15H20F6N2O5S/c16-14(17,18)11(15(19,20)21)28-12(24)23-5-3-13(4-6-23)7-9(8-27-13)22-29(25,26)10-1-2-10/h9-11,22H,1-8H2/t9-/m1/s1. The van der Waals surface area contributed by atoms with Gasteiger partial charge in [0, 0.05) is 19.1 Å². The summed E-state index contributed by atoms with van der Waals surface area (Å²) in [6, 6.07) is -0.459. The van der Waals surface area contributed by atoms with Crippen LogP contribution in [0, 0.1) is 0 Å². The number of hydrogen-bond acceptors (Lipinski definition) is 5. The number of alkyl halides is 6. The van der Waals surface area contributed by atoms with Crippen molar-refractivity contribution in [2.24, 2.45) is 0 Å². The zero-order valence-corrected chi connectivity index (χ0v) is 15.9. The maximum absolute atomic E-state index is 12.5. The lowest BCUT2D eigenvalue weighted by molar-refractivity contribution is -0.308. The zero-order chi connectivity index (χ0) is 21.7. The molecule has 1 saturated carbocycles. The first kappa shape index (κ1) is 22.4. The van der Waals surface area contributed by atoms with Crippen LogP contribution in [0.4, 0.5) is 31.1 Å². The first-order valence-corrected chi connectivity index (χ1v) is 10.5. The van der Waals surface area contributed by atoms with E-state index in [1.54, 1.807) is 0 Å². The van der Waals surface area contributed by atoms with Gasteiger partial charge in [0.1, 0.15) is 0 Å². The third-order valence-corrected chi connectivity index (χ3v) is 7.26. The number of piperidine rings is 1. The molecule has 14 heteroatoms. The lowest BCUT2D eigenvalue weighted by Crippen LogP contribution is -2.51. The molecule has 7 nitrogen and oxygen atoms in total. The molecular formula is C15H20F6N2O5S. The zero-order valence-electron chi connectivity index (χ0n) is 15.1. The fourth-order valence-electron chi connectivity index (χ4n) is 3.57. The second-order valence-electron chi connectivity index (χ2n) is 7.59. The maximum Gasteiger partial charge on any atom is 0.434 e. The quantitative estimate of drug-likeness (QED) is 0.660. The van der Waals surface area contributed by atoms with Gasteiger partial charge in [-0.25, -0.2) is 17.9 Å². The van der Waals surface area contributed by atoms with Crippen LogP contribution in [0.3, 0.4) is 0 Å². The van der Waals surface area contributed by atoms with E-state index in [1.807, 2.05) is 0 Å². The van der Waals surface area contributed by atoms with E-state index < -0.39 is 51.5 Å². The minimum atomic E-state index is -5.77. The van der Waals surface area contributed by atoms with Crippen molar-refractivity contribution in [3.05, 3.63) is 0 Å². The van der Waals surface area contributed by atoms with E-state index in [9.17, 15) is 39.6 Å². The highest BCUT2D eigenvalue weighted by Crippen LogP contribution is 2.39. The summed E-state index contributed by atoms with van der Waals surface area (Å²) in [5.74, 6) is 0. The number of halogens is 6. The molecule has 0 aromatic heterocycles. The minimum absolute atomic E-state index is 0.112. The molecular weight excluding hydrogens is 434 g/mol. The highest BCUT2D eigenvalue weighted by atomic mass is 32.2. The summed E-state index contributed by atoms with van der Waals surface area (Å²) in [5.41, 5.74) is -0.777. The number of carbonyl (C=O) groups is 1. The Labute approximate surface area is 162 Å². The van der Waals surface area contributed by atoms with Crippen LogP contribution >= 0.6 is 0 Å². The fraction of sp³-hybridized carbons (Fsp3) is 0.933. The number of nitrogens with zero attached hydrogens (tertiary/aromatic N) is 1. The summed E-state index contributed by atoms with van der Waals surface area (Å²) in [6.07, 6.45) is -15.6. The average Bonchev–Trinajstić information content (AvgIpc) is 3.36. The number of nitrogens with one attached hydrogen (secondary N) is 1. The Morgan fingerprint density at radius 2 is 1.66 bits per heavy atom. The van der Waals surface area contributed by atoms with E-state index in [-0.39, 0.29) is 32.5 Å². The first-order chi connectivity index (χ1) is 13.2. The number of rotatable bonds is 4. The lowest BCUT2D eigenvalue weighted by atomic mass is 9.88. The van der Waals surface area contributed by atoms with Crippen molar-refractivity contribution in [2.75, 3.05) is 19.7 Å². The topological polar surface area (TPSA) is 84.9 Å². The largest absolute Gasteiger partial charge is 0.434 e. The van der Waals surface area contributed by atoms with E-state index in [0.717, 1.165) is 4.90 Å². The molecule has 2 aliphatic heterocycles. The molecule has 2 heterocycles. The summed E-state index contributed by atoms with van der Waals surface area (Å²) < 4.78 is 111. The first-order valence-electron chi connectivity index (χ1n) is 8.96. The molecule has 1 atom stereocenters. The van der Waals surface area contributed by atoms with E-state index >= 15 is 0 Å². The van der Waals surface area contributed by atoms with Crippen molar-refractivity contribution in [1.29, 1.82) is 0 Å². The molecule has 3 fully saturated rings. The van der Waals surface area contributed by atoms with Crippen LogP contribution in [-0.2, 0) is 19.5 Å². The van der Waals surface area contributed by atoms with Gasteiger partial charge in [-0.1, -0.05) is 0 Å². The van der Waals surface area contributed by atoms with Gasteiger partial charge in [-0.15, -0.1) is 0 Å². The van der Waals surface area contributed by atoms with Gasteiger partial charge in [0.2, 0.25) is 10.0 Å². The number of sulfonamides is 1. The second kappa shape index (κ2) is 7.45. The Morgan fingerprint density at radius 3 is 2.14 bits per heavy atom. The average molecular weight is 454 g/mol. The van der Waals surface area contributed by atoms with E-state index in [2.05, 4.69) is 9.46 Å². The number of hydrogen-bond donors (Lipinski definition) is 1. The van der Waals surface area contributed by atoms with Crippen LogP contribution in [0.15, 0.2) is 0 Å². The molecule has 168 valence electrons. The minimum Gasteiger partial charge on any atom is -0.426 e.